The number of rotatable bonds is 5. The number of hydrogen-bond donors (Lipinski definition) is 2. The second kappa shape index (κ2) is 6.66. The van der Waals surface area contributed by atoms with Crippen molar-refractivity contribution in [2.45, 2.75) is 12.8 Å². The van der Waals surface area contributed by atoms with E-state index in [0.717, 1.165) is 19.4 Å². The van der Waals surface area contributed by atoms with E-state index in [4.69, 9.17) is 5.73 Å². The van der Waals surface area contributed by atoms with Crippen molar-refractivity contribution in [3.8, 4) is 0 Å². The molecule has 0 aromatic heterocycles. The number of nitrogens with one attached hydrogen (secondary N) is 1. The van der Waals surface area contributed by atoms with Gasteiger partial charge in [-0.25, -0.2) is 0 Å². The van der Waals surface area contributed by atoms with Crippen LogP contribution in [0, 0.1) is 0 Å². The first-order valence-electron chi connectivity index (χ1n) is 2.93. The second-order valence-corrected chi connectivity index (χ2v) is 1.64. The SMILES string of the molecule is C=CCCCNCN. The van der Waals surface area contributed by atoms with Crippen molar-refractivity contribution in [3.63, 3.8) is 0 Å². The van der Waals surface area contributed by atoms with Crippen LogP contribution in [0.2, 0.25) is 0 Å². The van der Waals surface area contributed by atoms with Gasteiger partial charge in [0.15, 0.2) is 0 Å². The molecule has 48 valence electrons. The summed E-state index contributed by atoms with van der Waals surface area (Å²) in [5.41, 5.74) is 5.17. The Balaban J connectivity index is 2.62. The van der Waals surface area contributed by atoms with Gasteiger partial charge in [0, 0.05) is 6.67 Å². The lowest BCUT2D eigenvalue weighted by atomic mass is 10.3. The topological polar surface area (TPSA) is 38.0 Å². The maximum Gasteiger partial charge on any atom is 0.0428 e. The molecule has 0 fully saturated rings. The van der Waals surface area contributed by atoms with Gasteiger partial charge >= 0.3 is 0 Å². The van der Waals surface area contributed by atoms with E-state index in [1.165, 1.54) is 0 Å². The maximum atomic E-state index is 5.17. The third-order valence-corrected chi connectivity index (χ3v) is 0.906. The molecule has 8 heavy (non-hydrogen) atoms. The second-order valence-electron chi connectivity index (χ2n) is 1.64. The molecule has 0 aromatic rings. The van der Waals surface area contributed by atoms with Crippen LogP contribution in [0.25, 0.3) is 0 Å². The third-order valence-electron chi connectivity index (χ3n) is 0.906. The molecule has 0 heterocycles. The highest BCUT2D eigenvalue weighted by molar-refractivity contribution is 4.65. The van der Waals surface area contributed by atoms with Gasteiger partial charge in [0.1, 0.15) is 0 Å². The van der Waals surface area contributed by atoms with Crippen LogP contribution in [0.4, 0.5) is 0 Å². The van der Waals surface area contributed by atoms with E-state index in [0.29, 0.717) is 6.67 Å². The molecule has 0 radical (unpaired) electrons. The number of hydrogen-bond acceptors (Lipinski definition) is 2. The minimum absolute atomic E-state index is 0.580. The van der Waals surface area contributed by atoms with E-state index < -0.39 is 0 Å². The van der Waals surface area contributed by atoms with E-state index in [1.54, 1.807) is 0 Å². The van der Waals surface area contributed by atoms with Crippen molar-refractivity contribution in [2.24, 2.45) is 5.73 Å². The molecule has 0 saturated heterocycles. The molecule has 0 aliphatic heterocycles. The number of nitrogens with two attached hydrogens (primary N) is 1. The molecule has 0 unspecified atom stereocenters. The monoisotopic (exact) mass is 114 g/mol. The fourth-order valence-electron chi connectivity index (χ4n) is 0.473. The van der Waals surface area contributed by atoms with Crippen LogP contribution in [-0.2, 0) is 0 Å². The molecule has 3 N–H and O–H groups in total. The van der Waals surface area contributed by atoms with Gasteiger partial charge < -0.3 is 11.1 Å². The normalized spacial score (nSPS) is 9.12. The maximum absolute atomic E-state index is 5.17. The summed E-state index contributed by atoms with van der Waals surface area (Å²) in [6, 6.07) is 0. The first kappa shape index (κ1) is 7.66. The highest BCUT2D eigenvalue weighted by atomic mass is 14.9. The molecule has 0 saturated carbocycles. The van der Waals surface area contributed by atoms with Gasteiger partial charge in [0.05, 0.1) is 0 Å². The zero-order valence-electron chi connectivity index (χ0n) is 5.19. The highest BCUT2D eigenvalue weighted by Gasteiger charge is 1.79. The van der Waals surface area contributed by atoms with E-state index in [-0.39, 0.29) is 0 Å². The Hall–Kier alpha value is -0.340. The van der Waals surface area contributed by atoms with Gasteiger partial charge in [-0.1, -0.05) is 6.08 Å². The molecule has 0 spiro atoms. The van der Waals surface area contributed by atoms with E-state index >= 15 is 0 Å². The summed E-state index contributed by atoms with van der Waals surface area (Å²) in [7, 11) is 0. The van der Waals surface area contributed by atoms with Crippen molar-refractivity contribution in [3.05, 3.63) is 12.7 Å². The van der Waals surface area contributed by atoms with E-state index in [2.05, 4.69) is 11.9 Å². The van der Waals surface area contributed by atoms with Crippen molar-refractivity contribution in [1.29, 1.82) is 0 Å². The summed E-state index contributed by atoms with van der Waals surface area (Å²) in [6.45, 7) is 5.18. The van der Waals surface area contributed by atoms with Crippen molar-refractivity contribution in [1.82, 2.24) is 5.32 Å². The van der Waals surface area contributed by atoms with Crippen LogP contribution in [0.1, 0.15) is 12.8 Å². The number of allylic oxidation sites excluding steroid dienone is 1. The van der Waals surface area contributed by atoms with Crippen LogP contribution in [0.3, 0.4) is 0 Å². The minimum atomic E-state index is 0.580. The predicted octanol–water partition coefficient (Wildman–Crippen LogP) is 0.458. The van der Waals surface area contributed by atoms with Crippen molar-refractivity contribution >= 4 is 0 Å². The molecule has 0 rings (SSSR count). The number of unbranched alkanes of at least 4 members (excludes halogenated alkanes) is 1. The summed E-state index contributed by atoms with van der Waals surface area (Å²) in [5, 5.41) is 3.01. The molecule has 2 heteroatoms. The summed E-state index contributed by atoms with van der Waals surface area (Å²) in [6.07, 6.45) is 4.13. The summed E-state index contributed by atoms with van der Waals surface area (Å²) >= 11 is 0. The van der Waals surface area contributed by atoms with Crippen LogP contribution >= 0.6 is 0 Å². The lowest BCUT2D eigenvalue weighted by molar-refractivity contribution is 0.668. The Kier molecular flexibility index (Phi) is 6.38. The fraction of sp³-hybridized carbons (Fsp3) is 0.667. The highest BCUT2D eigenvalue weighted by Crippen LogP contribution is 1.84. The summed E-state index contributed by atoms with van der Waals surface area (Å²) < 4.78 is 0. The Morgan fingerprint density at radius 1 is 1.62 bits per heavy atom. The third kappa shape index (κ3) is 5.66. The lowest BCUT2D eigenvalue weighted by Crippen LogP contribution is -2.22. The zero-order valence-corrected chi connectivity index (χ0v) is 5.19. The molecule has 0 atom stereocenters. The van der Waals surface area contributed by atoms with Crippen molar-refractivity contribution in [2.75, 3.05) is 13.2 Å². The molecule has 0 bridgehead atoms. The van der Waals surface area contributed by atoms with Crippen molar-refractivity contribution < 1.29 is 0 Å². The van der Waals surface area contributed by atoms with Crippen LogP contribution in [0.5, 0.6) is 0 Å². The van der Waals surface area contributed by atoms with Gasteiger partial charge in [0.2, 0.25) is 0 Å². The molecule has 0 aliphatic rings. The first-order valence-corrected chi connectivity index (χ1v) is 2.93. The first-order chi connectivity index (χ1) is 3.91. The Morgan fingerprint density at radius 2 is 2.38 bits per heavy atom. The Morgan fingerprint density at radius 3 is 2.88 bits per heavy atom. The average Bonchev–Trinajstić information content (AvgIpc) is 1.81. The molecule has 0 aromatic carbocycles. The quantitative estimate of drug-likeness (QED) is 0.309. The molecule has 0 amide bonds. The fourth-order valence-corrected chi connectivity index (χ4v) is 0.473. The Labute approximate surface area is 50.8 Å². The van der Waals surface area contributed by atoms with E-state index in [1.807, 2.05) is 6.08 Å². The molecule has 2 nitrogen and oxygen atoms in total. The minimum Gasteiger partial charge on any atom is -0.318 e. The zero-order chi connectivity index (χ0) is 6.24. The van der Waals surface area contributed by atoms with Gasteiger partial charge in [-0.15, -0.1) is 6.58 Å². The standard InChI is InChI=1S/C6H14N2/c1-2-3-4-5-8-6-7/h2,8H,1,3-7H2. The van der Waals surface area contributed by atoms with Gasteiger partial charge in [-0.05, 0) is 19.4 Å². The van der Waals surface area contributed by atoms with Gasteiger partial charge in [-0.3, -0.25) is 0 Å². The van der Waals surface area contributed by atoms with E-state index in [9.17, 15) is 0 Å². The molecule has 0 aliphatic carbocycles. The predicted molar refractivity (Wildman–Crippen MR) is 36.5 cm³/mol. The van der Waals surface area contributed by atoms with Crippen LogP contribution < -0.4 is 11.1 Å². The summed E-state index contributed by atoms with van der Waals surface area (Å²) in [4.78, 5) is 0. The van der Waals surface area contributed by atoms with Crippen LogP contribution in [-0.4, -0.2) is 13.2 Å². The molecular weight excluding hydrogens is 100 g/mol. The van der Waals surface area contributed by atoms with Crippen LogP contribution in [0.15, 0.2) is 12.7 Å². The Bertz CT molecular complexity index is 52.5. The smallest absolute Gasteiger partial charge is 0.0428 e. The van der Waals surface area contributed by atoms with Gasteiger partial charge in [-0.2, -0.15) is 0 Å². The largest absolute Gasteiger partial charge is 0.318 e. The lowest BCUT2D eigenvalue weighted by Gasteiger charge is -1.95. The van der Waals surface area contributed by atoms with Gasteiger partial charge in [0.25, 0.3) is 0 Å². The summed E-state index contributed by atoms with van der Waals surface area (Å²) in [5.74, 6) is 0. The average molecular weight is 114 g/mol. The molecular formula is C6H14N2.